The Morgan fingerprint density at radius 3 is 2.64 bits per heavy atom. The lowest BCUT2D eigenvalue weighted by Crippen LogP contribution is -2.30. The third-order valence-electron chi connectivity index (χ3n) is 6.51. The van der Waals surface area contributed by atoms with Crippen molar-refractivity contribution in [3.05, 3.63) is 64.3 Å². The molecule has 1 aliphatic heterocycles. The Hall–Kier alpha value is -3.86. The maximum absolute atomic E-state index is 12.7. The number of carbonyl (C=O) groups excluding carboxylic acids is 1. The molecule has 1 unspecified atom stereocenters. The van der Waals surface area contributed by atoms with E-state index in [0.29, 0.717) is 35.8 Å². The molecule has 1 atom stereocenters. The zero-order valence-corrected chi connectivity index (χ0v) is 18.5. The number of hydrogen-bond acceptors (Lipinski definition) is 5. The number of hydrogen-bond donors (Lipinski definition) is 1. The summed E-state index contributed by atoms with van der Waals surface area (Å²) in [6.07, 6.45) is 3.54. The number of aromatic amines is 1. The summed E-state index contributed by atoms with van der Waals surface area (Å²) >= 11 is 0. The number of rotatable bonds is 6. The quantitative estimate of drug-likeness (QED) is 0.631. The van der Waals surface area contributed by atoms with Crippen molar-refractivity contribution in [3.8, 4) is 28.6 Å². The monoisotopic (exact) mass is 443 g/mol. The van der Waals surface area contributed by atoms with Crippen LogP contribution in [0.3, 0.4) is 0 Å². The highest BCUT2D eigenvalue weighted by molar-refractivity contribution is 5.81. The van der Waals surface area contributed by atoms with Crippen LogP contribution in [-0.2, 0) is 11.2 Å². The SMILES string of the molecule is COc1cc(-c2ccc(C#N)cc2)ccc1-n1c(CC2CCN(C(=O)C3CC3)C2)n[nH]c1=O. The molecule has 5 rings (SSSR count). The van der Waals surface area contributed by atoms with Crippen LogP contribution in [0.1, 0.15) is 30.7 Å². The van der Waals surface area contributed by atoms with Crippen LogP contribution in [0.25, 0.3) is 16.8 Å². The number of carbonyl (C=O) groups is 1. The maximum atomic E-state index is 12.7. The van der Waals surface area contributed by atoms with E-state index in [-0.39, 0.29) is 23.4 Å². The minimum atomic E-state index is -0.321. The fourth-order valence-corrected chi connectivity index (χ4v) is 4.54. The summed E-state index contributed by atoms with van der Waals surface area (Å²) in [5.74, 6) is 1.96. The molecule has 2 aliphatic rings. The normalized spacial score (nSPS) is 17.7. The Morgan fingerprint density at radius 1 is 1.18 bits per heavy atom. The van der Waals surface area contributed by atoms with Crippen molar-refractivity contribution in [2.75, 3.05) is 20.2 Å². The number of nitriles is 1. The van der Waals surface area contributed by atoms with Gasteiger partial charge in [-0.1, -0.05) is 18.2 Å². The van der Waals surface area contributed by atoms with Gasteiger partial charge in [-0.15, -0.1) is 0 Å². The van der Waals surface area contributed by atoms with Gasteiger partial charge >= 0.3 is 5.69 Å². The maximum Gasteiger partial charge on any atom is 0.348 e. The Morgan fingerprint density at radius 2 is 1.94 bits per heavy atom. The number of methoxy groups -OCH3 is 1. The van der Waals surface area contributed by atoms with Crippen molar-refractivity contribution in [2.45, 2.75) is 25.7 Å². The summed E-state index contributed by atoms with van der Waals surface area (Å²) in [5.41, 5.74) is 2.76. The summed E-state index contributed by atoms with van der Waals surface area (Å²) in [6, 6.07) is 15.1. The van der Waals surface area contributed by atoms with Gasteiger partial charge in [-0.2, -0.15) is 10.4 Å². The second-order valence-corrected chi connectivity index (χ2v) is 8.77. The van der Waals surface area contributed by atoms with Gasteiger partial charge in [-0.05, 0) is 60.6 Å². The Balaban J connectivity index is 1.40. The number of amides is 1. The standard InChI is InChI=1S/C25H25N5O3/c1-33-22-13-20(18-4-2-16(14-26)3-5-18)8-9-21(22)30-23(27-28-25(30)32)12-17-10-11-29(15-17)24(31)19-6-7-19/h2-5,8-9,13,17,19H,6-7,10-12,15H2,1H3,(H,28,32). The summed E-state index contributed by atoms with van der Waals surface area (Å²) in [5, 5.41) is 15.9. The number of aromatic nitrogens is 3. The van der Waals surface area contributed by atoms with Crippen LogP contribution in [0.4, 0.5) is 0 Å². The van der Waals surface area contributed by atoms with Crippen molar-refractivity contribution in [1.29, 1.82) is 5.26 Å². The van der Waals surface area contributed by atoms with Crippen molar-refractivity contribution in [2.24, 2.45) is 11.8 Å². The predicted molar refractivity (Wildman–Crippen MR) is 122 cm³/mol. The topological polar surface area (TPSA) is 104 Å². The molecule has 33 heavy (non-hydrogen) atoms. The summed E-state index contributed by atoms with van der Waals surface area (Å²) < 4.78 is 7.19. The van der Waals surface area contributed by atoms with E-state index in [4.69, 9.17) is 10.00 Å². The van der Waals surface area contributed by atoms with Crippen LogP contribution >= 0.6 is 0 Å². The Bertz CT molecular complexity index is 1280. The summed E-state index contributed by atoms with van der Waals surface area (Å²) in [4.78, 5) is 27.0. The second kappa shape index (κ2) is 8.58. The van der Waals surface area contributed by atoms with Crippen LogP contribution in [0.5, 0.6) is 5.75 Å². The minimum Gasteiger partial charge on any atom is -0.495 e. The zero-order valence-electron chi connectivity index (χ0n) is 18.5. The van der Waals surface area contributed by atoms with Gasteiger partial charge in [0.25, 0.3) is 0 Å². The van der Waals surface area contributed by atoms with Gasteiger partial charge in [0.1, 0.15) is 11.6 Å². The molecule has 1 N–H and O–H groups in total. The number of likely N-dealkylation sites (tertiary alicyclic amines) is 1. The van der Waals surface area contributed by atoms with Crippen LogP contribution in [0.15, 0.2) is 47.3 Å². The molecule has 2 fully saturated rings. The molecule has 2 heterocycles. The lowest BCUT2D eigenvalue weighted by molar-refractivity contribution is -0.131. The summed E-state index contributed by atoms with van der Waals surface area (Å²) in [6.45, 7) is 1.49. The van der Waals surface area contributed by atoms with Gasteiger partial charge in [0, 0.05) is 25.4 Å². The van der Waals surface area contributed by atoms with Crippen LogP contribution in [0, 0.1) is 23.2 Å². The Labute approximate surface area is 191 Å². The molecule has 1 saturated heterocycles. The first-order chi connectivity index (χ1) is 16.1. The van der Waals surface area contributed by atoms with Crippen LogP contribution < -0.4 is 10.4 Å². The third-order valence-corrected chi connectivity index (χ3v) is 6.51. The van der Waals surface area contributed by atoms with E-state index in [1.165, 1.54) is 0 Å². The average Bonchev–Trinajstić information content (AvgIpc) is 3.50. The van der Waals surface area contributed by atoms with Crippen LogP contribution in [-0.4, -0.2) is 45.8 Å². The number of nitrogens with zero attached hydrogens (tertiary/aromatic N) is 4. The molecule has 3 aromatic rings. The fraction of sp³-hybridized carbons (Fsp3) is 0.360. The molecule has 1 saturated carbocycles. The molecule has 1 aromatic heterocycles. The van der Waals surface area contributed by atoms with Gasteiger partial charge in [-0.3, -0.25) is 4.79 Å². The summed E-state index contributed by atoms with van der Waals surface area (Å²) in [7, 11) is 1.57. The van der Waals surface area contributed by atoms with Crippen LogP contribution in [0.2, 0.25) is 0 Å². The van der Waals surface area contributed by atoms with Gasteiger partial charge in [0.05, 0.1) is 24.4 Å². The highest BCUT2D eigenvalue weighted by atomic mass is 16.5. The zero-order chi connectivity index (χ0) is 22.9. The molecule has 1 aliphatic carbocycles. The first-order valence-corrected chi connectivity index (χ1v) is 11.2. The molecule has 1 amide bonds. The fourth-order valence-electron chi connectivity index (χ4n) is 4.54. The molecule has 8 heteroatoms. The van der Waals surface area contributed by atoms with Crippen molar-refractivity contribution in [3.63, 3.8) is 0 Å². The first-order valence-electron chi connectivity index (χ1n) is 11.2. The number of benzene rings is 2. The van der Waals surface area contributed by atoms with Crippen molar-refractivity contribution >= 4 is 5.91 Å². The van der Waals surface area contributed by atoms with E-state index < -0.39 is 0 Å². The van der Waals surface area contributed by atoms with E-state index in [9.17, 15) is 9.59 Å². The minimum absolute atomic E-state index is 0.228. The highest BCUT2D eigenvalue weighted by Crippen LogP contribution is 2.34. The van der Waals surface area contributed by atoms with Crippen molar-refractivity contribution < 1.29 is 9.53 Å². The molecule has 0 radical (unpaired) electrons. The number of H-pyrrole nitrogens is 1. The van der Waals surface area contributed by atoms with E-state index in [1.807, 2.05) is 35.2 Å². The lowest BCUT2D eigenvalue weighted by Gasteiger charge is -2.16. The molecule has 8 nitrogen and oxygen atoms in total. The first kappa shape index (κ1) is 21.0. The predicted octanol–water partition coefficient (Wildman–Crippen LogP) is 2.91. The number of ether oxygens (including phenoxy) is 1. The smallest absolute Gasteiger partial charge is 0.348 e. The second-order valence-electron chi connectivity index (χ2n) is 8.77. The molecular formula is C25H25N5O3. The van der Waals surface area contributed by atoms with Gasteiger partial charge in [0.2, 0.25) is 5.91 Å². The highest BCUT2D eigenvalue weighted by Gasteiger charge is 2.37. The molecule has 168 valence electrons. The average molecular weight is 444 g/mol. The van der Waals surface area contributed by atoms with Gasteiger partial charge < -0.3 is 9.64 Å². The van der Waals surface area contributed by atoms with E-state index in [1.54, 1.807) is 23.8 Å². The third kappa shape index (κ3) is 4.14. The van der Waals surface area contributed by atoms with Crippen molar-refractivity contribution in [1.82, 2.24) is 19.7 Å². The van der Waals surface area contributed by atoms with Gasteiger partial charge in [-0.25, -0.2) is 14.5 Å². The molecule has 0 bridgehead atoms. The largest absolute Gasteiger partial charge is 0.495 e. The molecular weight excluding hydrogens is 418 g/mol. The lowest BCUT2D eigenvalue weighted by atomic mass is 10.0. The number of nitrogens with one attached hydrogen (secondary N) is 1. The van der Waals surface area contributed by atoms with E-state index >= 15 is 0 Å². The molecule has 2 aromatic carbocycles. The Kier molecular flexibility index (Phi) is 5.47. The van der Waals surface area contributed by atoms with Gasteiger partial charge in [0.15, 0.2) is 0 Å². The van der Waals surface area contributed by atoms with E-state index in [2.05, 4.69) is 16.3 Å². The van der Waals surface area contributed by atoms with E-state index in [0.717, 1.165) is 36.9 Å². The molecule has 0 spiro atoms.